The predicted octanol–water partition coefficient (Wildman–Crippen LogP) is 0.426. The lowest BCUT2D eigenvalue weighted by molar-refractivity contribution is 0.0602. The van der Waals surface area contributed by atoms with Gasteiger partial charge in [-0.05, 0) is 12.1 Å². The van der Waals surface area contributed by atoms with E-state index >= 15 is 0 Å². The van der Waals surface area contributed by atoms with E-state index in [-0.39, 0.29) is 17.3 Å². The molecule has 2 rings (SSSR count). The summed E-state index contributed by atoms with van der Waals surface area (Å²) in [6, 6.07) is 6.45. The van der Waals surface area contributed by atoms with E-state index in [1.807, 2.05) is 0 Å². The number of nitrogens with two attached hydrogens (primary N) is 1. The minimum absolute atomic E-state index is 0.0357. The molecule has 0 spiro atoms. The van der Waals surface area contributed by atoms with E-state index in [1.165, 1.54) is 13.2 Å². The molecule has 0 saturated carbocycles. The van der Waals surface area contributed by atoms with Crippen molar-refractivity contribution < 1.29 is 14.3 Å². The molecule has 19 heavy (non-hydrogen) atoms. The van der Waals surface area contributed by atoms with Crippen LogP contribution in [0.2, 0.25) is 0 Å². The van der Waals surface area contributed by atoms with Gasteiger partial charge in [0.15, 0.2) is 0 Å². The van der Waals surface area contributed by atoms with Gasteiger partial charge in [0.1, 0.15) is 0 Å². The second-order valence-corrected chi connectivity index (χ2v) is 3.53. The molecule has 0 unspecified atom stereocenters. The Morgan fingerprint density at radius 3 is 2.74 bits per heavy atom. The molecule has 1 aromatic heterocycles. The Labute approximate surface area is 108 Å². The first-order valence-electron chi connectivity index (χ1n) is 5.28. The number of carbonyl (C=O) groups excluding carboxylic acids is 2. The van der Waals surface area contributed by atoms with E-state index in [0.29, 0.717) is 5.69 Å². The fourth-order valence-electron chi connectivity index (χ4n) is 1.44. The van der Waals surface area contributed by atoms with Gasteiger partial charge in [-0.2, -0.15) is 4.98 Å². The highest BCUT2D eigenvalue weighted by atomic mass is 16.5. The summed E-state index contributed by atoms with van der Waals surface area (Å²) in [6.45, 7) is 0. The third-order valence-corrected chi connectivity index (χ3v) is 2.30. The molecule has 4 N–H and O–H groups in total. The Hall–Kier alpha value is -2.90. The summed E-state index contributed by atoms with van der Waals surface area (Å²) in [5, 5.41) is 8.44. The third kappa shape index (κ3) is 2.68. The van der Waals surface area contributed by atoms with Gasteiger partial charge >= 0.3 is 5.97 Å². The van der Waals surface area contributed by atoms with Gasteiger partial charge in [-0.3, -0.25) is 9.89 Å². The van der Waals surface area contributed by atoms with Crippen molar-refractivity contribution in [3.8, 4) is 0 Å². The van der Waals surface area contributed by atoms with Crippen LogP contribution in [0.4, 0.5) is 11.6 Å². The first-order valence-corrected chi connectivity index (χ1v) is 5.28. The largest absolute Gasteiger partial charge is 0.465 e. The van der Waals surface area contributed by atoms with E-state index in [4.69, 9.17) is 5.73 Å². The number of anilines is 2. The number of carbonyl (C=O) groups is 2. The number of hydrogen-bond donors (Lipinski definition) is 3. The number of ether oxygens (including phenoxy) is 1. The molecule has 0 radical (unpaired) electrons. The zero-order chi connectivity index (χ0) is 13.8. The summed E-state index contributed by atoms with van der Waals surface area (Å²) in [5.41, 5.74) is 5.86. The van der Waals surface area contributed by atoms with Crippen LogP contribution in [0, 0.1) is 0 Å². The lowest BCUT2D eigenvalue weighted by atomic mass is 10.2. The molecule has 1 heterocycles. The van der Waals surface area contributed by atoms with Crippen molar-refractivity contribution in [3.63, 3.8) is 0 Å². The highest BCUT2D eigenvalue weighted by Gasteiger charge is 2.16. The van der Waals surface area contributed by atoms with E-state index in [9.17, 15) is 9.59 Å². The number of H-pyrrole nitrogens is 1. The Balaban J connectivity index is 2.24. The van der Waals surface area contributed by atoms with Crippen LogP contribution in [-0.4, -0.2) is 34.2 Å². The Morgan fingerprint density at radius 1 is 1.37 bits per heavy atom. The number of amides is 1. The number of para-hydroxylation sites is 1. The number of benzene rings is 1. The van der Waals surface area contributed by atoms with Gasteiger partial charge in [0.2, 0.25) is 11.8 Å². The molecule has 8 nitrogen and oxygen atoms in total. The molecule has 0 saturated heterocycles. The van der Waals surface area contributed by atoms with Crippen molar-refractivity contribution in [2.24, 2.45) is 0 Å². The number of esters is 1. The Morgan fingerprint density at radius 2 is 2.11 bits per heavy atom. The first-order chi connectivity index (χ1) is 9.11. The van der Waals surface area contributed by atoms with Gasteiger partial charge < -0.3 is 15.8 Å². The van der Waals surface area contributed by atoms with Crippen LogP contribution in [-0.2, 0) is 4.74 Å². The van der Waals surface area contributed by atoms with Crippen molar-refractivity contribution in [1.29, 1.82) is 0 Å². The first kappa shape index (κ1) is 12.6. The topological polar surface area (TPSA) is 123 Å². The van der Waals surface area contributed by atoms with E-state index < -0.39 is 11.9 Å². The lowest BCUT2D eigenvalue weighted by Crippen LogP contribution is -2.16. The van der Waals surface area contributed by atoms with Gasteiger partial charge in [0, 0.05) is 0 Å². The van der Waals surface area contributed by atoms with Crippen LogP contribution in [0.15, 0.2) is 24.3 Å². The summed E-state index contributed by atoms with van der Waals surface area (Å²) < 4.78 is 4.62. The molecule has 98 valence electrons. The number of hydrogen-bond acceptors (Lipinski definition) is 6. The van der Waals surface area contributed by atoms with Crippen LogP contribution in [0.5, 0.6) is 0 Å². The summed E-state index contributed by atoms with van der Waals surface area (Å²) in [5.74, 6) is -1.18. The SMILES string of the molecule is COC(=O)c1ccccc1NC(=O)c1nc(N)n[nH]1. The minimum atomic E-state index is -0.555. The molecular formula is C11H11N5O3. The number of nitrogens with zero attached hydrogens (tertiary/aromatic N) is 2. The van der Waals surface area contributed by atoms with Crippen molar-refractivity contribution in [1.82, 2.24) is 15.2 Å². The number of nitrogens with one attached hydrogen (secondary N) is 2. The number of rotatable bonds is 3. The number of methoxy groups -OCH3 is 1. The van der Waals surface area contributed by atoms with Gasteiger partial charge in [-0.1, -0.05) is 12.1 Å². The second-order valence-electron chi connectivity index (χ2n) is 3.53. The van der Waals surface area contributed by atoms with Gasteiger partial charge in [-0.25, -0.2) is 4.79 Å². The van der Waals surface area contributed by atoms with Crippen LogP contribution in [0.25, 0.3) is 0 Å². The molecule has 0 aliphatic rings. The molecule has 1 amide bonds. The quantitative estimate of drug-likeness (QED) is 0.688. The molecular weight excluding hydrogens is 250 g/mol. The van der Waals surface area contributed by atoms with E-state index in [2.05, 4.69) is 25.2 Å². The van der Waals surface area contributed by atoms with Crippen molar-refractivity contribution in [2.45, 2.75) is 0 Å². The fraction of sp³-hybridized carbons (Fsp3) is 0.0909. The van der Waals surface area contributed by atoms with E-state index in [1.54, 1.807) is 18.2 Å². The van der Waals surface area contributed by atoms with Gasteiger partial charge in [0.05, 0.1) is 18.4 Å². The van der Waals surface area contributed by atoms with Crippen molar-refractivity contribution >= 4 is 23.5 Å². The number of aromatic amines is 1. The zero-order valence-corrected chi connectivity index (χ0v) is 10.0. The number of aromatic nitrogens is 3. The monoisotopic (exact) mass is 261 g/mol. The Bertz CT molecular complexity index is 622. The maximum Gasteiger partial charge on any atom is 0.339 e. The lowest BCUT2D eigenvalue weighted by Gasteiger charge is -2.07. The predicted molar refractivity (Wildman–Crippen MR) is 66.5 cm³/mol. The van der Waals surface area contributed by atoms with E-state index in [0.717, 1.165) is 0 Å². The summed E-state index contributed by atoms with van der Waals surface area (Å²) in [4.78, 5) is 27.0. The molecule has 0 bridgehead atoms. The smallest absolute Gasteiger partial charge is 0.339 e. The normalized spacial score (nSPS) is 9.95. The molecule has 0 aliphatic heterocycles. The highest BCUT2D eigenvalue weighted by molar-refractivity contribution is 6.06. The van der Waals surface area contributed by atoms with Crippen LogP contribution < -0.4 is 11.1 Å². The van der Waals surface area contributed by atoms with Gasteiger partial charge in [0.25, 0.3) is 5.91 Å². The maximum absolute atomic E-state index is 11.8. The summed E-state index contributed by atoms with van der Waals surface area (Å²) in [6.07, 6.45) is 0. The van der Waals surface area contributed by atoms with Gasteiger partial charge in [-0.15, -0.1) is 5.10 Å². The van der Waals surface area contributed by atoms with Crippen LogP contribution >= 0.6 is 0 Å². The molecule has 0 atom stereocenters. The van der Waals surface area contributed by atoms with Crippen LogP contribution in [0.3, 0.4) is 0 Å². The minimum Gasteiger partial charge on any atom is -0.465 e. The van der Waals surface area contributed by atoms with Crippen molar-refractivity contribution in [2.75, 3.05) is 18.2 Å². The van der Waals surface area contributed by atoms with Crippen LogP contribution in [0.1, 0.15) is 21.0 Å². The maximum atomic E-state index is 11.8. The molecule has 0 fully saturated rings. The summed E-state index contributed by atoms with van der Waals surface area (Å²) >= 11 is 0. The third-order valence-electron chi connectivity index (χ3n) is 2.30. The Kier molecular flexibility index (Phi) is 3.42. The van der Waals surface area contributed by atoms with Crippen molar-refractivity contribution in [3.05, 3.63) is 35.7 Å². The fourth-order valence-corrected chi connectivity index (χ4v) is 1.44. The summed E-state index contributed by atoms with van der Waals surface area (Å²) in [7, 11) is 1.26. The average Bonchev–Trinajstić information content (AvgIpc) is 2.85. The second kappa shape index (κ2) is 5.17. The molecule has 1 aromatic carbocycles. The highest BCUT2D eigenvalue weighted by Crippen LogP contribution is 2.16. The molecule has 0 aliphatic carbocycles. The molecule has 2 aromatic rings. The average molecular weight is 261 g/mol. The zero-order valence-electron chi connectivity index (χ0n) is 10.0. The molecule has 8 heteroatoms. The number of nitrogen functional groups attached to an aromatic ring is 1. The standard InChI is InChI=1S/C11H11N5O3/c1-19-10(18)6-4-2-3-5-7(6)13-9(17)8-14-11(12)16-15-8/h2-5H,1H3,(H,13,17)(H3,12,14,15,16).